The van der Waals surface area contributed by atoms with E-state index in [2.05, 4.69) is 42.2 Å². The van der Waals surface area contributed by atoms with E-state index in [-0.39, 0.29) is 0 Å². The SMILES string of the molecule is Fc1cccc(NCc2ccc(Br)c(Br)c2)n1. The molecule has 0 unspecified atom stereocenters. The lowest BCUT2D eigenvalue weighted by Crippen LogP contribution is -2.01. The molecule has 2 nitrogen and oxygen atoms in total. The van der Waals surface area contributed by atoms with Gasteiger partial charge in [-0.2, -0.15) is 4.39 Å². The highest BCUT2D eigenvalue weighted by Gasteiger charge is 2.00. The van der Waals surface area contributed by atoms with Crippen molar-refractivity contribution in [2.75, 3.05) is 5.32 Å². The highest BCUT2D eigenvalue weighted by Crippen LogP contribution is 2.24. The topological polar surface area (TPSA) is 24.9 Å². The summed E-state index contributed by atoms with van der Waals surface area (Å²) in [5, 5.41) is 3.06. The number of anilines is 1. The van der Waals surface area contributed by atoms with Crippen molar-refractivity contribution in [3.05, 3.63) is 56.9 Å². The molecule has 0 radical (unpaired) electrons. The van der Waals surface area contributed by atoms with E-state index in [0.717, 1.165) is 14.5 Å². The van der Waals surface area contributed by atoms with E-state index in [0.29, 0.717) is 12.4 Å². The molecule has 0 bridgehead atoms. The predicted octanol–water partition coefficient (Wildman–Crippen LogP) is 4.36. The van der Waals surface area contributed by atoms with E-state index >= 15 is 0 Å². The van der Waals surface area contributed by atoms with Crippen LogP contribution in [0.4, 0.5) is 10.2 Å². The summed E-state index contributed by atoms with van der Waals surface area (Å²) in [7, 11) is 0. The van der Waals surface area contributed by atoms with Crippen molar-refractivity contribution in [1.29, 1.82) is 0 Å². The summed E-state index contributed by atoms with van der Waals surface area (Å²) in [4.78, 5) is 3.73. The molecule has 0 fully saturated rings. The Morgan fingerprint density at radius 1 is 1.12 bits per heavy atom. The van der Waals surface area contributed by atoms with Crippen LogP contribution < -0.4 is 5.32 Å². The van der Waals surface area contributed by atoms with E-state index in [1.807, 2.05) is 18.2 Å². The van der Waals surface area contributed by atoms with Crippen LogP contribution in [0.3, 0.4) is 0 Å². The molecule has 0 aliphatic rings. The zero-order valence-electron chi connectivity index (χ0n) is 8.75. The quantitative estimate of drug-likeness (QED) is 0.823. The Kier molecular flexibility index (Phi) is 4.12. The van der Waals surface area contributed by atoms with Gasteiger partial charge in [-0.25, -0.2) is 4.98 Å². The third-order valence-electron chi connectivity index (χ3n) is 2.17. The van der Waals surface area contributed by atoms with E-state index < -0.39 is 5.95 Å². The number of halogens is 3. The summed E-state index contributed by atoms with van der Waals surface area (Å²) in [5.74, 6) is 0.0519. The van der Waals surface area contributed by atoms with Gasteiger partial charge in [-0.05, 0) is 61.7 Å². The molecule has 0 aliphatic heterocycles. The van der Waals surface area contributed by atoms with Crippen molar-refractivity contribution >= 4 is 37.7 Å². The minimum atomic E-state index is -0.480. The normalized spacial score (nSPS) is 10.3. The van der Waals surface area contributed by atoms with Crippen LogP contribution in [0.1, 0.15) is 5.56 Å². The monoisotopic (exact) mass is 358 g/mol. The van der Waals surface area contributed by atoms with Crippen LogP contribution in [0.5, 0.6) is 0 Å². The Bertz CT molecular complexity index is 532. The lowest BCUT2D eigenvalue weighted by atomic mass is 10.2. The molecule has 0 aliphatic carbocycles. The molecule has 1 aromatic carbocycles. The van der Waals surface area contributed by atoms with Gasteiger partial charge in [-0.3, -0.25) is 0 Å². The van der Waals surface area contributed by atoms with Gasteiger partial charge in [-0.15, -0.1) is 0 Å². The van der Waals surface area contributed by atoms with Crippen molar-refractivity contribution < 1.29 is 4.39 Å². The lowest BCUT2D eigenvalue weighted by molar-refractivity contribution is 0.585. The average molecular weight is 360 g/mol. The first-order valence-electron chi connectivity index (χ1n) is 4.95. The number of nitrogens with one attached hydrogen (secondary N) is 1. The van der Waals surface area contributed by atoms with Crippen molar-refractivity contribution in [2.24, 2.45) is 0 Å². The predicted molar refractivity (Wildman–Crippen MR) is 73.4 cm³/mol. The molecule has 1 aromatic heterocycles. The van der Waals surface area contributed by atoms with E-state index in [9.17, 15) is 4.39 Å². The van der Waals surface area contributed by atoms with E-state index in [4.69, 9.17) is 0 Å². The summed E-state index contributed by atoms with van der Waals surface area (Å²) >= 11 is 6.84. The maximum absolute atomic E-state index is 12.8. The Morgan fingerprint density at radius 3 is 2.65 bits per heavy atom. The average Bonchev–Trinajstić information content (AvgIpc) is 2.31. The van der Waals surface area contributed by atoms with Crippen molar-refractivity contribution in [3.8, 4) is 0 Å². The third-order valence-corrected chi connectivity index (χ3v) is 4.05. The number of aromatic nitrogens is 1. The molecule has 0 saturated carbocycles. The minimum Gasteiger partial charge on any atom is -0.366 e. The number of pyridine rings is 1. The molecule has 5 heteroatoms. The maximum Gasteiger partial charge on any atom is 0.214 e. The van der Waals surface area contributed by atoms with Crippen LogP contribution in [0, 0.1) is 5.95 Å². The number of hydrogen-bond donors (Lipinski definition) is 1. The largest absolute Gasteiger partial charge is 0.366 e. The van der Waals surface area contributed by atoms with Gasteiger partial charge in [0, 0.05) is 15.5 Å². The standard InChI is InChI=1S/C12H9Br2FN2/c13-9-5-4-8(6-10(9)14)7-16-12-3-1-2-11(15)17-12/h1-6H,7H2,(H,16,17). The minimum absolute atomic E-state index is 0.480. The van der Waals surface area contributed by atoms with Gasteiger partial charge < -0.3 is 5.32 Å². The highest BCUT2D eigenvalue weighted by atomic mass is 79.9. The third kappa shape index (κ3) is 3.51. The van der Waals surface area contributed by atoms with Gasteiger partial charge in [0.25, 0.3) is 0 Å². The molecular formula is C12H9Br2FN2. The van der Waals surface area contributed by atoms with Gasteiger partial charge in [-0.1, -0.05) is 12.1 Å². The second-order valence-corrected chi connectivity index (χ2v) is 5.16. The number of benzene rings is 1. The molecule has 88 valence electrons. The van der Waals surface area contributed by atoms with Crippen LogP contribution in [-0.4, -0.2) is 4.98 Å². The Hall–Kier alpha value is -0.940. The number of rotatable bonds is 3. The molecule has 1 heterocycles. The second-order valence-electron chi connectivity index (χ2n) is 3.45. The zero-order valence-corrected chi connectivity index (χ0v) is 11.9. The molecule has 0 saturated heterocycles. The van der Waals surface area contributed by atoms with Crippen LogP contribution in [0.15, 0.2) is 45.3 Å². The van der Waals surface area contributed by atoms with Crippen LogP contribution >= 0.6 is 31.9 Å². The summed E-state index contributed by atoms with van der Waals surface area (Å²) in [5.41, 5.74) is 1.09. The summed E-state index contributed by atoms with van der Waals surface area (Å²) in [6, 6.07) is 10.6. The molecule has 17 heavy (non-hydrogen) atoms. The van der Waals surface area contributed by atoms with Gasteiger partial charge in [0.1, 0.15) is 5.82 Å². The van der Waals surface area contributed by atoms with Crippen molar-refractivity contribution in [2.45, 2.75) is 6.54 Å². The zero-order chi connectivity index (χ0) is 12.3. The van der Waals surface area contributed by atoms with Gasteiger partial charge in [0.05, 0.1) is 0 Å². The summed E-state index contributed by atoms with van der Waals surface area (Å²) in [6.45, 7) is 0.600. The molecule has 2 rings (SSSR count). The molecule has 1 N–H and O–H groups in total. The Balaban J connectivity index is 2.05. The lowest BCUT2D eigenvalue weighted by Gasteiger charge is -2.06. The molecule has 2 aromatic rings. The Labute approximate surface area is 116 Å². The van der Waals surface area contributed by atoms with Gasteiger partial charge in [0.15, 0.2) is 0 Å². The first kappa shape index (κ1) is 12.5. The van der Waals surface area contributed by atoms with Crippen LogP contribution in [0.2, 0.25) is 0 Å². The molecule has 0 spiro atoms. The fourth-order valence-corrected chi connectivity index (χ4v) is 2.02. The maximum atomic E-state index is 12.8. The molecule has 0 amide bonds. The highest BCUT2D eigenvalue weighted by molar-refractivity contribution is 9.13. The van der Waals surface area contributed by atoms with Crippen LogP contribution in [-0.2, 0) is 6.54 Å². The first-order valence-corrected chi connectivity index (χ1v) is 6.54. The van der Waals surface area contributed by atoms with Gasteiger partial charge >= 0.3 is 0 Å². The fraction of sp³-hybridized carbons (Fsp3) is 0.0833. The summed E-state index contributed by atoms with van der Waals surface area (Å²) in [6.07, 6.45) is 0. The van der Waals surface area contributed by atoms with Gasteiger partial charge in [0.2, 0.25) is 5.95 Å². The van der Waals surface area contributed by atoms with E-state index in [1.54, 1.807) is 12.1 Å². The smallest absolute Gasteiger partial charge is 0.214 e. The number of hydrogen-bond acceptors (Lipinski definition) is 2. The fourth-order valence-electron chi connectivity index (χ4n) is 1.35. The first-order chi connectivity index (χ1) is 8.15. The second kappa shape index (κ2) is 5.60. The summed E-state index contributed by atoms with van der Waals surface area (Å²) < 4.78 is 14.8. The van der Waals surface area contributed by atoms with Crippen molar-refractivity contribution in [1.82, 2.24) is 4.98 Å². The molecule has 0 atom stereocenters. The Morgan fingerprint density at radius 2 is 1.94 bits per heavy atom. The van der Waals surface area contributed by atoms with Crippen molar-refractivity contribution in [3.63, 3.8) is 0 Å². The van der Waals surface area contributed by atoms with E-state index in [1.165, 1.54) is 6.07 Å². The van der Waals surface area contributed by atoms with Crippen LogP contribution in [0.25, 0.3) is 0 Å². The number of nitrogens with zero attached hydrogens (tertiary/aromatic N) is 1. The molecular weight excluding hydrogens is 351 g/mol.